The monoisotopic (exact) mass is 478 g/mol. The minimum atomic E-state index is -0.0572. The fourth-order valence-corrected chi connectivity index (χ4v) is 5.24. The Labute approximate surface area is 201 Å². The van der Waals surface area contributed by atoms with Gasteiger partial charge in [-0.25, -0.2) is 4.98 Å². The number of nitrogens with zero attached hydrogens (tertiary/aromatic N) is 6. The van der Waals surface area contributed by atoms with E-state index in [-0.39, 0.29) is 5.91 Å². The highest BCUT2D eigenvalue weighted by molar-refractivity contribution is 7.98. The van der Waals surface area contributed by atoms with Crippen molar-refractivity contribution in [3.8, 4) is 5.69 Å². The average Bonchev–Trinajstić information content (AvgIpc) is 3.47. The maximum absolute atomic E-state index is 12.5. The summed E-state index contributed by atoms with van der Waals surface area (Å²) in [5, 5.41) is 15.5. The number of tetrazole rings is 1. The number of thioether (sulfide) groups is 1. The van der Waals surface area contributed by atoms with Crippen molar-refractivity contribution >= 4 is 39.8 Å². The number of carbonyl (C=O) groups excluding carboxylic acids is 1. The molecule has 4 aromatic rings. The lowest BCUT2D eigenvalue weighted by atomic mass is 10.0. The molecule has 2 aromatic heterocycles. The van der Waals surface area contributed by atoms with Crippen LogP contribution in [-0.4, -0.2) is 31.1 Å². The molecule has 9 heteroatoms. The lowest BCUT2D eigenvalue weighted by Gasteiger charge is -2.20. The van der Waals surface area contributed by atoms with Crippen LogP contribution in [0.1, 0.15) is 50.4 Å². The quantitative estimate of drug-likeness (QED) is 0.299. The average molecular weight is 479 g/mol. The third-order valence-electron chi connectivity index (χ3n) is 5.25. The minimum absolute atomic E-state index is 0.0572. The molecule has 0 fully saturated rings. The number of benzene rings is 2. The fraction of sp³-hybridized carbons (Fsp3) is 0.292. The van der Waals surface area contributed by atoms with E-state index in [1.54, 1.807) is 16.5 Å². The largest absolute Gasteiger partial charge is 0.274 e. The molecule has 2 aromatic carbocycles. The first-order valence-corrected chi connectivity index (χ1v) is 12.7. The summed E-state index contributed by atoms with van der Waals surface area (Å²) in [5.41, 5.74) is 5.07. The molecule has 7 nitrogen and oxygen atoms in total. The Bertz CT molecular complexity index is 1230. The van der Waals surface area contributed by atoms with Crippen molar-refractivity contribution in [2.75, 3.05) is 4.90 Å². The predicted octanol–water partition coefficient (Wildman–Crippen LogP) is 5.78. The number of para-hydroxylation sites is 1. The SMILES string of the molecule is CCc1ccccc1N(C(C)=O)c1nc(CSc2nnnn2-c2ccc(C(C)C)cc2)cs1. The van der Waals surface area contributed by atoms with Crippen LogP contribution < -0.4 is 4.90 Å². The van der Waals surface area contributed by atoms with Crippen LogP contribution in [0.5, 0.6) is 0 Å². The molecule has 170 valence electrons. The molecule has 0 aliphatic carbocycles. The van der Waals surface area contributed by atoms with Gasteiger partial charge in [-0.3, -0.25) is 9.69 Å². The highest BCUT2D eigenvalue weighted by Gasteiger charge is 2.20. The number of amides is 1. The summed E-state index contributed by atoms with van der Waals surface area (Å²) in [5.74, 6) is 1.01. The molecule has 0 aliphatic heterocycles. The van der Waals surface area contributed by atoms with Gasteiger partial charge in [0.05, 0.1) is 17.1 Å². The van der Waals surface area contributed by atoms with Crippen molar-refractivity contribution in [2.45, 2.75) is 50.9 Å². The molecule has 4 rings (SSSR count). The molecular formula is C24H26N6OS2. The van der Waals surface area contributed by atoms with Crippen molar-refractivity contribution < 1.29 is 4.79 Å². The van der Waals surface area contributed by atoms with E-state index in [2.05, 4.69) is 48.4 Å². The first-order valence-electron chi connectivity index (χ1n) is 10.8. The number of aromatic nitrogens is 5. The Balaban J connectivity index is 1.51. The minimum Gasteiger partial charge on any atom is -0.274 e. The van der Waals surface area contributed by atoms with Crippen molar-refractivity contribution in [2.24, 2.45) is 0 Å². The van der Waals surface area contributed by atoms with Gasteiger partial charge >= 0.3 is 0 Å². The van der Waals surface area contributed by atoms with Gasteiger partial charge in [-0.2, -0.15) is 4.68 Å². The molecule has 1 amide bonds. The van der Waals surface area contributed by atoms with Crippen molar-refractivity contribution in [1.29, 1.82) is 0 Å². The normalized spacial score (nSPS) is 11.2. The van der Waals surface area contributed by atoms with Gasteiger partial charge in [-0.15, -0.1) is 16.4 Å². The fourth-order valence-electron chi connectivity index (χ4n) is 3.47. The number of anilines is 2. The highest BCUT2D eigenvalue weighted by Crippen LogP contribution is 2.33. The molecule has 0 aliphatic rings. The third kappa shape index (κ3) is 5.15. The van der Waals surface area contributed by atoms with Crippen LogP contribution in [0.15, 0.2) is 59.1 Å². The predicted molar refractivity (Wildman–Crippen MR) is 134 cm³/mol. The maximum Gasteiger partial charge on any atom is 0.230 e. The molecule has 0 N–H and O–H groups in total. The molecule has 0 unspecified atom stereocenters. The molecule has 0 atom stereocenters. The van der Waals surface area contributed by atoms with Crippen molar-refractivity contribution in [3.63, 3.8) is 0 Å². The van der Waals surface area contributed by atoms with E-state index in [0.29, 0.717) is 22.0 Å². The van der Waals surface area contributed by atoms with Gasteiger partial charge < -0.3 is 0 Å². The number of hydrogen-bond acceptors (Lipinski definition) is 7. The molecule has 0 spiro atoms. The summed E-state index contributed by atoms with van der Waals surface area (Å²) in [4.78, 5) is 18.9. The standard InChI is InChI=1S/C24H26N6OS2/c1-5-18-8-6-7-9-22(18)29(17(4)31)23-25-20(14-32-23)15-33-24-26-27-28-30(24)21-12-10-19(11-13-21)16(2)3/h6-14,16H,5,15H2,1-4H3. The van der Waals surface area contributed by atoms with Gasteiger partial charge in [0.2, 0.25) is 11.1 Å². The van der Waals surface area contributed by atoms with E-state index in [4.69, 9.17) is 4.98 Å². The van der Waals surface area contributed by atoms with Crippen LogP contribution in [0.3, 0.4) is 0 Å². The second-order valence-electron chi connectivity index (χ2n) is 7.87. The Morgan fingerprint density at radius 2 is 1.91 bits per heavy atom. The van der Waals surface area contributed by atoms with E-state index < -0.39 is 0 Å². The number of aryl methyl sites for hydroxylation is 1. The highest BCUT2D eigenvalue weighted by atomic mass is 32.2. The molecule has 0 bridgehead atoms. The summed E-state index contributed by atoms with van der Waals surface area (Å²) in [6.07, 6.45) is 0.842. The lowest BCUT2D eigenvalue weighted by molar-refractivity contribution is -0.115. The Kier molecular flexibility index (Phi) is 7.20. The van der Waals surface area contributed by atoms with Gasteiger partial charge in [0.1, 0.15) is 0 Å². The Hall–Kier alpha value is -3.04. The second kappa shape index (κ2) is 10.3. The zero-order valence-electron chi connectivity index (χ0n) is 19.1. The van der Waals surface area contributed by atoms with Gasteiger partial charge in [0, 0.05) is 18.1 Å². The number of rotatable bonds is 8. The molecule has 0 saturated heterocycles. The second-order valence-corrected chi connectivity index (χ2v) is 9.65. The smallest absolute Gasteiger partial charge is 0.230 e. The molecule has 2 heterocycles. The van der Waals surface area contributed by atoms with E-state index in [1.807, 2.05) is 41.8 Å². The van der Waals surface area contributed by atoms with Crippen LogP contribution in [0.4, 0.5) is 10.8 Å². The van der Waals surface area contributed by atoms with Crippen LogP contribution in [0.2, 0.25) is 0 Å². The van der Waals surface area contributed by atoms with E-state index >= 15 is 0 Å². The summed E-state index contributed by atoms with van der Waals surface area (Å²) in [7, 11) is 0. The Morgan fingerprint density at radius 1 is 1.15 bits per heavy atom. The van der Waals surface area contributed by atoms with Gasteiger partial charge in [-0.05, 0) is 52.1 Å². The molecule has 0 radical (unpaired) electrons. The number of thiazole rings is 1. The number of hydrogen-bond donors (Lipinski definition) is 0. The summed E-state index contributed by atoms with van der Waals surface area (Å²) in [6.45, 7) is 8.00. The summed E-state index contributed by atoms with van der Waals surface area (Å²) in [6, 6.07) is 16.2. The summed E-state index contributed by atoms with van der Waals surface area (Å²) < 4.78 is 1.74. The van der Waals surface area contributed by atoms with Gasteiger partial charge in [0.25, 0.3) is 0 Å². The first-order chi connectivity index (χ1) is 16.0. The van der Waals surface area contributed by atoms with Crippen LogP contribution in [0.25, 0.3) is 5.69 Å². The van der Waals surface area contributed by atoms with E-state index in [0.717, 1.165) is 29.1 Å². The topological polar surface area (TPSA) is 76.8 Å². The summed E-state index contributed by atoms with van der Waals surface area (Å²) >= 11 is 2.98. The van der Waals surface area contributed by atoms with Crippen molar-refractivity contribution in [3.05, 3.63) is 70.7 Å². The van der Waals surface area contributed by atoms with Crippen LogP contribution in [-0.2, 0) is 17.0 Å². The van der Waals surface area contributed by atoms with E-state index in [9.17, 15) is 4.79 Å². The van der Waals surface area contributed by atoms with Crippen LogP contribution in [0, 0.1) is 0 Å². The lowest BCUT2D eigenvalue weighted by Crippen LogP contribution is -2.23. The van der Waals surface area contributed by atoms with Gasteiger partial charge in [-0.1, -0.05) is 62.9 Å². The molecule has 33 heavy (non-hydrogen) atoms. The van der Waals surface area contributed by atoms with Crippen LogP contribution >= 0.6 is 23.1 Å². The van der Waals surface area contributed by atoms with Gasteiger partial charge in [0.15, 0.2) is 5.13 Å². The van der Waals surface area contributed by atoms with E-state index in [1.165, 1.54) is 28.7 Å². The maximum atomic E-state index is 12.5. The Morgan fingerprint density at radius 3 is 2.61 bits per heavy atom. The first kappa shape index (κ1) is 23.1. The zero-order chi connectivity index (χ0) is 23.4. The zero-order valence-corrected chi connectivity index (χ0v) is 20.7. The van der Waals surface area contributed by atoms with Crippen molar-refractivity contribution in [1.82, 2.24) is 25.2 Å². The molecule has 0 saturated carbocycles. The number of carbonyl (C=O) groups is 1. The third-order valence-corrected chi connectivity index (χ3v) is 7.08. The molecular weight excluding hydrogens is 452 g/mol.